The van der Waals surface area contributed by atoms with Crippen LogP contribution in [0.4, 0.5) is 0 Å². The van der Waals surface area contributed by atoms with E-state index in [9.17, 15) is 8.42 Å². The van der Waals surface area contributed by atoms with Gasteiger partial charge in [0.1, 0.15) is 11.6 Å². The van der Waals surface area contributed by atoms with Gasteiger partial charge in [-0.1, -0.05) is 18.2 Å². The summed E-state index contributed by atoms with van der Waals surface area (Å²) >= 11 is 0. The van der Waals surface area contributed by atoms with Crippen molar-refractivity contribution in [3.05, 3.63) is 42.0 Å². The van der Waals surface area contributed by atoms with E-state index >= 15 is 0 Å². The molecule has 0 unspecified atom stereocenters. The largest absolute Gasteiger partial charge is 0.313 e. The second kappa shape index (κ2) is 6.15. The first kappa shape index (κ1) is 15.1. The Morgan fingerprint density at radius 3 is 2.73 bits per heavy atom. The Balaban J connectivity index is 1.54. The maximum absolute atomic E-state index is 12.1. The van der Waals surface area contributed by atoms with Gasteiger partial charge in [0, 0.05) is 26.2 Å². The van der Waals surface area contributed by atoms with Gasteiger partial charge in [-0.3, -0.25) is 4.90 Å². The Kier molecular flexibility index (Phi) is 4.23. The van der Waals surface area contributed by atoms with E-state index in [2.05, 4.69) is 24.4 Å². The second-order valence-electron chi connectivity index (χ2n) is 5.30. The summed E-state index contributed by atoms with van der Waals surface area (Å²) in [5.41, 5.74) is 0. The van der Waals surface area contributed by atoms with Gasteiger partial charge in [0.25, 0.3) is 0 Å². The molecule has 0 radical (unpaired) electrons. The van der Waals surface area contributed by atoms with Gasteiger partial charge in [0.15, 0.2) is 0 Å². The number of hydrogen-bond acceptors (Lipinski definition) is 5. The molecule has 2 heterocycles. The number of benzene rings is 1. The fourth-order valence-corrected chi connectivity index (χ4v) is 3.61. The van der Waals surface area contributed by atoms with Crippen LogP contribution in [-0.4, -0.2) is 47.7 Å². The van der Waals surface area contributed by atoms with E-state index in [1.807, 2.05) is 6.92 Å². The van der Waals surface area contributed by atoms with Crippen LogP contribution >= 0.6 is 0 Å². The van der Waals surface area contributed by atoms with Crippen LogP contribution in [0, 0.1) is 6.92 Å². The Morgan fingerprint density at radius 1 is 1.18 bits per heavy atom. The van der Waals surface area contributed by atoms with Gasteiger partial charge in [-0.2, -0.15) is 0 Å². The van der Waals surface area contributed by atoms with Gasteiger partial charge in [-0.25, -0.2) is 13.1 Å². The minimum atomic E-state index is -3.43. The average Bonchev–Trinajstić information content (AvgIpc) is 2.89. The van der Waals surface area contributed by atoms with Crippen LogP contribution in [0.5, 0.6) is 0 Å². The molecule has 8 heteroatoms. The summed E-state index contributed by atoms with van der Waals surface area (Å²) in [6, 6.07) is 8.41. The molecule has 0 aliphatic carbocycles. The third-order valence-electron chi connectivity index (χ3n) is 3.79. The number of nitrogens with one attached hydrogen (secondary N) is 1. The van der Waals surface area contributed by atoms with Gasteiger partial charge in [-0.15, -0.1) is 10.2 Å². The first-order valence-electron chi connectivity index (χ1n) is 7.22. The van der Waals surface area contributed by atoms with Crippen LogP contribution in [-0.2, 0) is 23.1 Å². The first-order valence-corrected chi connectivity index (χ1v) is 8.70. The zero-order chi connectivity index (χ0) is 15.6. The third-order valence-corrected chi connectivity index (χ3v) is 5.27. The highest BCUT2D eigenvalue weighted by Crippen LogP contribution is 2.11. The molecule has 1 aliphatic heterocycles. The summed E-state index contributed by atoms with van der Waals surface area (Å²) in [6.45, 7) is 5.40. The molecule has 1 aromatic carbocycles. The number of sulfonamides is 1. The second-order valence-corrected chi connectivity index (χ2v) is 7.07. The van der Waals surface area contributed by atoms with Crippen molar-refractivity contribution < 1.29 is 8.42 Å². The molecule has 1 aromatic heterocycles. The SMILES string of the molecule is Cc1nnc2n1CCN(CCNS(=O)(=O)c1ccccc1)C2. The number of nitrogens with zero attached hydrogens (tertiary/aromatic N) is 4. The summed E-state index contributed by atoms with van der Waals surface area (Å²) in [5.74, 6) is 1.87. The Hall–Kier alpha value is -1.77. The summed E-state index contributed by atoms with van der Waals surface area (Å²) in [6.07, 6.45) is 0. The van der Waals surface area contributed by atoms with Gasteiger partial charge in [0.2, 0.25) is 10.0 Å². The number of aryl methyl sites for hydroxylation is 1. The standard InChI is InChI=1S/C14H19N5O2S/c1-12-16-17-14-11-18(9-10-19(12)14)8-7-15-22(20,21)13-5-3-2-4-6-13/h2-6,15H,7-11H2,1H3. The maximum atomic E-state index is 12.1. The molecule has 1 N–H and O–H groups in total. The Bertz CT molecular complexity index is 742. The van der Waals surface area contributed by atoms with E-state index < -0.39 is 10.0 Å². The zero-order valence-electron chi connectivity index (χ0n) is 12.4. The van der Waals surface area contributed by atoms with E-state index in [0.29, 0.717) is 24.5 Å². The Labute approximate surface area is 130 Å². The van der Waals surface area contributed by atoms with Crippen LogP contribution < -0.4 is 4.72 Å². The number of aromatic nitrogens is 3. The molecule has 0 spiro atoms. The van der Waals surface area contributed by atoms with Crippen molar-refractivity contribution in [2.45, 2.75) is 24.9 Å². The number of rotatable bonds is 5. The lowest BCUT2D eigenvalue weighted by Crippen LogP contribution is -2.39. The predicted molar refractivity (Wildman–Crippen MR) is 81.7 cm³/mol. The van der Waals surface area contributed by atoms with Gasteiger partial charge in [-0.05, 0) is 19.1 Å². The van der Waals surface area contributed by atoms with Gasteiger partial charge >= 0.3 is 0 Å². The molecule has 0 saturated heterocycles. The van der Waals surface area contributed by atoms with Crippen LogP contribution in [0.25, 0.3) is 0 Å². The quantitative estimate of drug-likeness (QED) is 0.861. The molecule has 118 valence electrons. The minimum absolute atomic E-state index is 0.295. The molecule has 0 fully saturated rings. The van der Waals surface area contributed by atoms with Crippen molar-refractivity contribution in [3.8, 4) is 0 Å². The maximum Gasteiger partial charge on any atom is 0.240 e. The molecule has 0 bridgehead atoms. The lowest BCUT2D eigenvalue weighted by atomic mass is 10.3. The molecule has 0 atom stereocenters. The van der Waals surface area contributed by atoms with Crippen molar-refractivity contribution in [1.82, 2.24) is 24.4 Å². The van der Waals surface area contributed by atoms with E-state index in [1.165, 1.54) is 0 Å². The molecule has 22 heavy (non-hydrogen) atoms. The van der Waals surface area contributed by atoms with Crippen LogP contribution in [0.2, 0.25) is 0 Å². The molecular formula is C14H19N5O2S. The monoisotopic (exact) mass is 321 g/mol. The first-order chi connectivity index (χ1) is 10.6. The van der Waals surface area contributed by atoms with Crippen LogP contribution in [0.15, 0.2) is 35.2 Å². The topological polar surface area (TPSA) is 80.1 Å². The molecule has 2 aromatic rings. The third kappa shape index (κ3) is 3.18. The van der Waals surface area contributed by atoms with Crippen molar-refractivity contribution in [2.24, 2.45) is 0 Å². The summed E-state index contributed by atoms with van der Waals surface area (Å²) in [4.78, 5) is 2.47. The van der Waals surface area contributed by atoms with Gasteiger partial charge in [0.05, 0.1) is 11.4 Å². The highest BCUT2D eigenvalue weighted by molar-refractivity contribution is 7.89. The molecule has 0 saturated carbocycles. The highest BCUT2D eigenvalue weighted by Gasteiger charge is 2.20. The minimum Gasteiger partial charge on any atom is -0.313 e. The predicted octanol–water partition coefficient (Wildman–Crippen LogP) is 0.381. The Morgan fingerprint density at radius 2 is 1.95 bits per heavy atom. The molecule has 3 rings (SSSR count). The zero-order valence-corrected chi connectivity index (χ0v) is 13.3. The lowest BCUT2D eigenvalue weighted by Gasteiger charge is -2.27. The lowest BCUT2D eigenvalue weighted by molar-refractivity contribution is 0.219. The summed E-state index contributed by atoms with van der Waals surface area (Å²) in [5, 5.41) is 8.21. The van der Waals surface area contributed by atoms with E-state index in [4.69, 9.17) is 0 Å². The van der Waals surface area contributed by atoms with Crippen molar-refractivity contribution in [1.29, 1.82) is 0 Å². The molecule has 0 amide bonds. The fraction of sp³-hybridized carbons (Fsp3) is 0.429. The fourth-order valence-electron chi connectivity index (χ4n) is 2.57. The van der Waals surface area contributed by atoms with E-state index in [1.54, 1.807) is 30.3 Å². The van der Waals surface area contributed by atoms with E-state index in [-0.39, 0.29) is 0 Å². The smallest absolute Gasteiger partial charge is 0.240 e. The molecule has 1 aliphatic rings. The average molecular weight is 321 g/mol. The van der Waals surface area contributed by atoms with Crippen molar-refractivity contribution >= 4 is 10.0 Å². The normalized spacial score (nSPS) is 15.7. The summed E-state index contributed by atoms with van der Waals surface area (Å²) < 4.78 is 29.0. The van der Waals surface area contributed by atoms with Crippen LogP contribution in [0.3, 0.4) is 0 Å². The molecular weight excluding hydrogens is 302 g/mol. The van der Waals surface area contributed by atoms with Crippen molar-refractivity contribution in [3.63, 3.8) is 0 Å². The highest BCUT2D eigenvalue weighted by atomic mass is 32.2. The van der Waals surface area contributed by atoms with E-state index in [0.717, 1.165) is 24.7 Å². The van der Waals surface area contributed by atoms with Crippen LogP contribution in [0.1, 0.15) is 11.6 Å². The summed E-state index contributed by atoms with van der Waals surface area (Å²) in [7, 11) is -3.43. The molecule has 7 nitrogen and oxygen atoms in total. The van der Waals surface area contributed by atoms with Crippen molar-refractivity contribution in [2.75, 3.05) is 19.6 Å². The number of fused-ring (bicyclic) bond motifs is 1. The number of hydrogen-bond donors (Lipinski definition) is 1. The van der Waals surface area contributed by atoms with Gasteiger partial charge < -0.3 is 4.57 Å².